The summed E-state index contributed by atoms with van der Waals surface area (Å²) in [7, 11) is 0. The maximum Gasteiger partial charge on any atom is 0.0157 e. The van der Waals surface area contributed by atoms with Gasteiger partial charge in [-0.05, 0) is 11.3 Å². The molecule has 0 spiro atoms. The normalized spacial score (nSPS) is 35.1. The van der Waals surface area contributed by atoms with Crippen LogP contribution < -0.4 is 0 Å². The van der Waals surface area contributed by atoms with E-state index in [4.69, 9.17) is 0 Å². The largest absolute Gasteiger partial charge is 0.130 e. The van der Waals surface area contributed by atoms with E-state index in [1.165, 1.54) is 0 Å². The molecule has 10 heavy (non-hydrogen) atoms. The molecule has 0 nitrogen and oxygen atoms in total. The minimum atomic E-state index is 0.579. The van der Waals surface area contributed by atoms with E-state index in [1.54, 1.807) is 0 Å². The summed E-state index contributed by atoms with van der Waals surface area (Å²) in [6.45, 7) is 2.19. The number of rotatable bonds is 0. The Bertz CT molecular complexity index is 166. The second-order valence-electron chi connectivity index (χ2n) is 2.33. The van der Waals surface area contributed by atoms with Crippen LogP contribution in [0.1, 0.15) is 6.92 Å². The first-order chi connectivity index (χ1) is 4.89. The molecule has 0 radical (unpaired) electrons. The van der Waals surface area contributed by atoms with Crippen LogP contribution in [0, 0.1) is 5.92 Å². The first kappa shape index (κ1) is 7.67. The lowest BCUT2D eigenvalue weighted by atomic mass is 10.2. The Kier molecular flexibility index (Phi) is 3.37. The van der Waals surface area contributed by atoms with Gasteiger partial charge in [0.2, 0.25) is 0 Å². The molecule has 0 N–H and O–H groups in total. The topological polar surface area (TPSA) is 0 Å². The van der Waals surface area contributed by atoms with Gasteiger partial charge in [-0.2, -0.15) is 0 Å². The fourth-order valence-corrected chi connectivity index (χ4v) is 1.42. The minimum absolute atomic E-state index is 0.579. The summed E-state index contributed by atoms with van der Waals surface area (Å²) < 4.78 is 0. The van der Waals surface area contributed by atoms with Crippen molar-refractivity contribution in [3.05, 3.63) is 35.8 Å². The van der Waals surface area contributed by atoms with Gasteiger partial charge in [0.25, 0.3) is 0 Å². The SMILES string of the molecule is CC1/C=C\C=C/CS/C=C\1. The predicted molar refractivity (Wildman–Crippen MR) is 49.0 cm³/mol. The van der Waals surface area contributed by atoms with Gasteiger partial charge >= 0.3 is 0 Å². The summed E-state index contributed by atoms with van der Waals surface area (Å²) in [5, 5.41) is 2.17. The molecule has 0 bridgehead atoms. The molecule has 1 aliphatic rings. The Morgan fingerprint density at radius 3 is 3.10 bits per heavy atom. The lowest BCUT2D eigenvalue weighted by Crippen LogP contribution is -1.78. The summed E-state index contributed by atoms with van der Waals surface area (Å²) in [6, 6.07) is 0. The van der Waals surface area contributed by atoms with Crippen LogP contribution in [-0.4, -0.2) is 5.75 Å². The molecular weight excluding hydrogens is 140 g/mol. The van der Waals surface area contributed by atoms with Crippen molar-refractivity contribution in [2.75, 3.05) is 5.75 Å². The third-order valence-electron chi connectivity index (χ3n) is 1.33. The monoisotopic (exact) mass is 152 g/mol. The van der Waals surface area contributed by atoms with E-state index in [-0.39, 0.29) is 0 Å². The molecule has 0 saturated carbocycles. The molecule has 1 heterocycles. The molecule has 0 aromatic rings. The Morgan fingerprint density at radius 1 is 1.30 bits per heavy atom. The Balaban J connectivity index is 2.55. The van der Waals surface area contributed by atoms with Crippen LogP contribution in [0.4, 0.5) is 0 Å². The summed E-state index contributed by atoms with van der Waals surface area (Å²) in [4.78, 5) is 0. The van der Waals surface area contributed by atoms with Crippen molar-refractivity contribution in [2.24, 2.45) is 5.92 Å². The number of allylic oxidation sites excluding steroid dienone is 4. The van der Waals surface area contributed by atoms with Crippen molar-refractivity contribution in [1.29, 1.82) is 0 Å². The number of hydrogen-bond donors (Lipinski definition) is 0. The van der Waals surface area contributed by atoms with Crippen molar-refractivity contribution in [3.8, 4) is 0 Å². The third-order valence-corrected chi connectivity index (χ3v) is 2.07. The van der Waals surface area contributed by atoms with E-state index in [1.807, 2.05) is 11.8 Å². The maximum absolute atomic E-state index is 2.22. The van der Waals surface area contributed by atoms with Gasteiger partial charge in [-0.1, -0.05) is 37.3 Å². The molecule has 0 aromatic heterocycles. The average molecular weight is 152 g/mol. The van der Waals surface area contributed by atoms with Crippen LogP contribution in [0.3, 0.4) is 0 Å². The van der Waals surface area contributed by atoms with Gasteiger partial charge in [0.05, 0.1) is 0 Å². The van der Waals surface area contributed by atoms with Crippen LogP contribution in [0.25, 0.3) is 0 Å². The molecule has 1 aliphatic heterocycles. The zero-order valence-corrected chi connectivity index (χ0v) is 6.97. The lowest BCUT2D eigenvalue weighted by molar-refractivity contribution is 0.943. The van der Waals surface area contributed by atoms with Crippen molar-refractivity contribution in [3.63, 3.8) is 0 Å². The quantitative estimate of drug-likeness (QED) is 0.514. The van der Waals surface area contributed by atoms with Crippen molar-refractivity contribution in [1.82, 2.24) is 0 Å². The van der Waals surface area contributed by atoms with Crippen molar-refractivity contribution >= 4 is 11.8 Å². The van der Waals surface area contributed by atoms with Gasteiger partial charge in [0, 0.05) is 5.75 Å². The molecule has 1 heteroatoms. The Labute approximate surface area is 66.7 Å². The molecule has 1 unspecified atom stereocenters. The summed E-state index contributed by atoms with van der Waals surface area (Å²) >= 11 is 1.84. The lowest BCUT2D eigenvalue weighted by Gasteiger charge is -1.93. The highest BCUT2D eigenvalue weighted by atomic mass is 32.2. The first-order valence-electron chi connectivity index (χ1n) is 3.51. The molecule has 0 saturated heterocycles. The van der Waals surface area contributed by atoms with E-state index in [2.05, 4.69) is 42.7 Å². The van der Waals surface area contributed by atoms with E-state index >= 15 is 0 Å². The molecule has 0 aromatic carbocycles. The fourth-order valence-electron chi connectivity index (χ4n) is 0.728. The molecule has 0 fully saturated rings. The van der Waals surface area contributed by atoms with Gasteiger partial charge in [-0.25, -0.2) is 0 Å². The highest BCUT2D eigenvalue weighted by Crippen LogP contribution is 2.09. The highest BCUT2D eigenvalue weighted by molar-refractivity contribution is 8.02. The highest BCUT2D eigenvalue weighted by Gasteiger charge is 1.88. The maximum atomic E-state index is 2.22. The van der Waals surface area contributed by atoms with Crippen LogP contribution in [0.5, 0.6) is 0 Å². The summed E-state index contributed by atoms with van der Waals surface area (Å²) in [5.74, 6) is 1.67. The standard InChI is InChI=1S/C9H12S/c1-9-5-3-2-4-7-10-8-6-9/h2-6,8-9H,7H2,1H3/b4-2-,5-3-,8-6-. The average Bonchev–Trinajstić information content (AvgIpc) is 2.02. The summed E-state index contributed by atoms with van der Waals surface area (Å²) in [5.41, 5.74) is 0. The smallest absolute Gasteiger partial charge is 0.0157 e. The second kappa shape index (κ2) is 4.40. The molecule has 0 aliphatic carbocycles. The van der Waals surface area contributed by atoms with Crippen LogP contribution in [-0.2, 0) is 0 Å². The van der Waals surface area contributed by atoms with Gasteiger partial charge in [-0.15, -0.1) is 11.8 Å². The molecule has 1 atom stereocenters. The second-order valence-corrected chi connectivity index (χ2v) is 3.27. The molecular formula is C9H12S. The van der Waals surface area contributed by atoms with E-state index in [9.17, 15) is 0 Å². The zero-order valence-electron chi connectivity index (χ0n) is 6.16. The van der Waals surface area contributed by atoms with Gasteiger partial charge in [-0.3, -0.25) is 0 Å². The number of hydrogen-bond acceptors (Lipinski definition) is 1. The van der Waals surface area contributed by atoms with Crippen LogP contribution >= 0.6 is 11.8 Å². The minimum Gasteiger partial charge on any atom is -0.130 e. The van der Waals surface area contributed by atoms with Gasteiger partial charge in [0.15, 0.2) is 0 Å². The molecule has 54 valence electrons. The van der Waals surface area contributed by atoms with Crippen LogP contribution in [0.2, 0.25) is 0 Å². The molecule has 1 rings (SSSR count). The summed E-state index contributed by atoms with van der Waals surface area (Å²) in [6.07, 6.45) is 10.8. The first-order valence-corrected chi connectivity index (χ1v) is 4.56. The van der Waals surface area contributed by atoms with E-state index in [0.29, 0.717) is 5.92 Å². The predicted octanol–water partition coefficient (Wildman–Crippen LogP) is 3.00. The zero-order chi connectivity index (χ0) is 7.23. The van der Waals surface area contributed by atoms with Crippen LogP contribution in [0.15, 0.2) is 35.8 Å². The number of thioether (sulfide) groups is 1. The van der Waals surface area contributed by atoms with Crippen molar-refractivity contribution < 1.29 is 0 Å². The van der Waals surface area contributed by atoms with Gasteiger partial charge < -0.3 is 0 Å². The molecule has 0 amide bonds. The van der Waals surface area contributed by atoms with E-state index < -0.39 is 0 Å². The third kappa shape index (κ3) is 2.92. The van der Waals surface area contributed by atoms with Crippen molar-refractivity contribution in [2.45, 2.75) is 6.92 Å². The Morgan fingerprint density at radius 2 is 2.20 bits per heavy atom. The van der Waals surface area contributed by atoms with Gasteiger partial charge in [0.1, 0.15) is 0 Å². The Hall–Kier alpha value is -0.430. The van der Waals surface area contributed by atoms with E-state index in [0.717, 1.165) is 5.75 Å². The fraction of sp³-hybridized carbons (Fsp3) is 0.333.